The predicted octanol–water partition coefficient (Wildman–Crippen LogP) is 3.53. The van der Waals surface area contributed by atoms with Gasteiger partial charge in [-0.1, -0.05) is 17.7 Å². The number of ether oxygens (including phenoxy) is 1. The molecule has 4 nitrogen and oxygen atoms in total. The largest absolute Gasteiger partial charge is 0.485 e. The van der Waals surface area contributed by atoms with E-state index < -0.39 is 0 Å². The number of hydrogen-bond acceptors (Lipinski definition) is 4. The number of halogens is 2. The number of rotatable bonds is 3. The molecule has 6 heteroatoms. The second-order valence-electron chi connectivity index (χ2n) is 3.72. The third-order valence-electron chi connectivity index (χ3n) is 2.41. The van der Waals surface area contributed by atoms with Gasteiger partial charge < -0.3 is 10.5 Å². The third kappa shape index (κ3) is 3.16. The summed E-state index contributed by atoms with van der Waals surface area (Å²) in [6.07, 6.45) is 1.56. The maximum absolute atomic E-state index is 8.94. The van der Waals surface area contributed by atoms with E-state index in [1.54, 1.807) is 30.5 Å². The van der Waals surface area contributed by atoms with E-state index in [1.165, 1.54) is 0 Å². The van der Waals surface area contributed by atoms with Crippen molar-refractivity contribution in [1.29, 1.82) is 5.26 Å². The lowest BCUT2D eigenvalue weighted by atomic mass is 10.2. The summed E-state index contributed by atoms with van der Waals surface area (Å²) in [6.45, 7) is 0.209. The van der Waals surface area contributed by atoms with E-state index in [4.69, 9.17) is 27.3 Å². The van der Waals surface area contributed by atoms with Crippen LogP contribution in [0.25, 0.3) is 0 Å². The molecule has 2 rings (SSSR count). The molecule has 0 aliphatic carbocycles. The number of aromatic nitrogens is 1. The number of pyridine rings is 1. The zero-order valence-electron chi connectivity index (χ0n) is 9.73. The summed E-state index contributed by atoms with van der Waals surface area (Å²) < 4.78 is 6.30. The zero-order chi connectivity index (χ0) is 13.8. The van der Waals surface area contributed by atoms with E-state index in [2.05, 4.69) is 20.9 Å². The molecule has 0 radical (unpaired) electrons. The molecular formula is C13H9BrClN3O. The molecule has 0 amide bonds. The number of nitriles is 1. The van der Waals surface area contributed by atoms with Gasteiger partial charge >= 0.3 is 0 Å². The van der Waals surface area contributed by atoms with Crippen molar-refractivity contribution in [1.82, 2.24) is 4.98 Å². The minimum atomic E-state index is 0.209. The van der Waals surface area contributed by atoms with E-state index >= 15 is 0 Å². The average molecular weight is 339 g/mol. The van der Waals surface area contributed by atoms with Crippen LogP contribution in [0.15, 0.2) is 34.9 Å². The van der Waals surface area contributed by atoms with Gasteiger partial charge in [-0.2, -0.15) is 5.26 Å². The van der Waals surface area contributed by atoms with Crippen LogP contribution in [-0.4, -0.2) is 4.98 Å². The summed E-state index contributed by atoms with van der Waals surface area (Å²) in [5.74, 6) is 0.497. The number of benzene rings is 1. The van der Waals surface area contributed by atoms with Gasteiger partial charge in [0.15, 0.2) is 5.75 Å². The monoisotopic (exact) mass is 337 g/mol. The summed E-state index contributed by atoms with van der Waals surface area (Å²) in [4.78, 5) is 3.96. The van der Waals surface area contributed by atoms with Crippen LogP contribution in [0.1, 0.15) is 11.3 Å². The van der Waals surface area contributed by atoms with Crippen LogP contribution in [0.2, 0.25) is 5.02 Å². The van der Waals surface area contributed by atoms with E-state index in [9.17, 15) is 0 Å². The highest BCUT2D eigenvalue weighted by molar-refractivity contribution is 9.10. The lowest BCUT2D eigenvalue weighted by Gasteiger charge is -2.11. The molecule has 1 heterocycles. The van der Waals surface area contributed by atoms with Gasteiger partial charge in [-0.3, -0.25) is 0 Å². The second-order valence-corrected chi connectivity index (χ2v) is 5.01. The number of anilines is 1. The SMILES string of the molecule is N#Cc1ncccc1COc1c(N)cc(Cl)cc1Br. The Labute approximate surface area is 123 Å². The first kappa shape index (κ1) is 13.7. The Hall–Kier alpha value is -1.77. The number of nitrogen functional groups attached to an aromatic ring is 1. The maximum atomic E-state index is 8.94. The van der Waals surface area contributed by atoms with Gasteiger partial charge in [0, 0.05) is 16.8 Å². The number of nitrogens with zero attached hydrogens (tertiary/aromatic N) is 2. The highest BCUT2D eigenvalue weighted by Gasteiger charge is 2.10. The van der Waals surface area contributed by atoms with Gasteiger partial charge in [0.05, 0.1) is 10.2 Å². The van der Waals surface area contributed by atoms with Crippen LogP contribution in [-0.2, 0) is 6.61 Å². The van der Waals surface area contributed by atoms with Crippen LogP contribution in [0, 0.1) is 11.3 Å². The first-order chi connectivity index (χ1) is 9.11. The molecule has 0 aliphatic rings. The summed E-state index contributed by atoms with van der Waals surface area (Å²) in [5, 5.41) is 9.47. The van der Waals surface area contributed by atoms with Crippen molar-refractivity contribution in [3.05, 3.63) is 51.2 Å². The average Bonchev–Trinajstić information content (AvgIpc) is 2.38. The fourth-order valence-electron chi connectivity index (χ4n) is 1.54. The van der Waals surface area contributed by atoms with Gasteiger partial charge in [0.1, 0.15) is 18.4 Å². The van der Waals surface area contributed by atoms with Crippen LogP contribution >= 0.6 is 27.5 Å². The Balaban J connectivity index is 2.22. The fraction of sp³-hybridized carbons (Fsp3) is 0.0769. The quantitative estimate of drug-likeness (QED) is 0.869. The summed E-state index contributed by atoms with van der Waals surface area (Å²) in [7, 11) is 0. The van der Waals surface area contributed by atoms with Crippen LogP contribution in [0.4, 0.5) is 5.69 Å². The first-order valence-electron chi connectivity index (χ1n) is 5.33. The van der Waals surface area contributed by atoms with E-state index in [0.29, 0.717) is 32.2 Å². The molecule has 2 N–H and O–H groups in total. The van der Waals surface area contributed by atoms with Crippen molar-refractivity contribution in [2.75, 3.05) is 5.73 Å². The number of nitrogens with two attached hydrogens (primary N) is 1. The molecule has 2 aromatic rings. The molecule has 0 aliphatic heterocycles. The minimum Gasteiger partial charge on any atom is -0.485 e. The summed E-state index contributed by atoms with van der Waals surface area (Å²) >= 11 is 9.21. The van der Waals surface area contributed by atoms with E-state index in [1.807, 2.05) is 6.07 Å². The van der Waals surface area contributed by atoms with E-state index in [-0.39, 0.29) is 6.61 Å². The smallest absolute Gasteiger partial charge is 0.156 e. The fourth-order valence-corrected chi connectivity index (χ4v) is 2.49. The summed E-state index contributed by atoms with van der Waals surface area (Å²) in [5.41, 5.74) is 7.31. The van der Waals surface area contributed by atoms with Gasteiger partial charge in [-0.15, -0.1) is 0 Å². The molecule has 96 valence electrons. The second kappa shape index (κ2) is 5.91. The third-order valence-corrected chi connectivity index (χ3v) is 3.21. The van der Waals surface area contributed by atoms with Crippen LogP contribution in [0.3, 0.4) is 0 Å². The Kier molecular flexibility index (Phi) is 4.25. The highest BCUT2D eigenvalue weighted by Crippen LogP contribution is 2.35. The molecule has 1 aromatic carbocycles. The topological polar surface area (TPSA) is 71.9 Å². The Morgan fingerprint density at radius 2 is 2.26 bits per heavy atom. The van der Waals surface area contributed by atoms with Gasteiger partial charge in [0.25, 0.3) is 0 Å². The maximum Gasteiger partial charge on any atom is 0.156 e. The molecule has 0 fully saturated rings. The molecule has 0 unspecified atom stereocenters. The van der Waals surface area contributed by atoms with Crippen molar-refractivity contribution >= 4 is 33.2 Å². The minimum absolute atomic E-state index is 0.209. The standard InChI is InChI=1S/C13H9BrClN3O/c14-10-4-9(15)5-11(17)13(10)19-7-8-2-1-3-18-12(8)6-16/h1-5H,7,17H2. The van der Waals surface area contributed by atoms with Crippen LogP contribution < -0.4 is 10.5 Å². The molecular weight excluding hydrogens is 330 g/mol. The molecule has 1 aromatic heterocycles. The molecule has 0 bridgehead atoms. The molecule has 0 spiro atoms. The van der Waals surface area contributed by atoms with Gasteiger partial charge in [-0.05, 0) is 34.1 Å². The van der Waals surface area contributed by atoms with Crippen molar-refractivity contribution in [3.8, 4) is 11.8 Å². The summed E-state index contributed by atoms with van der Waals surface area (Å²) in [6, 6.07) is 8.85. The van der Waals surface area contributed by atoms with Crippen LogP contribution in [0.5, 0.6) is 5.75 Å². The highest BCUT2D eigenvalue weighted by atomic mass is 79.9. The van der Waals surface area contributed by atoms with Crippen molar-refractivity contribution < 1.29 is 4.74 Å². The van der Waals surface area contributed by atoms with Gasteiger partial charge in [0.2, 0.25) is 0 Å². The van der Waals surface area contributed by atoms with Crippen molar-refractivity contribution in [2.24, 2.45) is 0 Å². The molecule has 0 atom stereocenters. The molecule has 19 heavy (non-hydrogen) atoms. The van der Waals surface area contributed by atoms with E-state index in [0.717, 1.165) is 0 Å². The van der Waals surface area contributed by atoms with Gasteiger partial charge in [-0.25, -0.2) is 4.98 Å². The van der Waals surface area contributed by atoms with Crippen molar-refractivity contribution in [2.45, 2.75) is 6.61 Å². The van der Waals surface area contributed by atoms with Crippen molar-refractivity contribution in [3.63, 3.8) is 0 Å². The normalized spacial score (nSPS) is 9.95. The lowest BCUT2D eigenvalue weighted by Crippen LogP contribution is -2.02. The molecule has 0 saturated heterocycles. The Morgan fingerprint density at radius 3 is 2.95 bits per heavy atom. The lowest BCUT2D eigenvalue weighted by molar-refractivity contribution is 0.305. The molecule has 0 saturated carbocycles. The Morgan fingerprint density at radius 1 is 1.47 bits per heavy atom. The number of hydrogen-bond donors (Lipinski definition) is 1. The first-order valence-corrected chi connectivity index (χ1v) is 6.50. The Bertz CT molecular complexity index is 632. The zero-order valence-corrected chi connectivity index (χ0v) is 12.1. The predicted molar refractivity (Wildman–Crippen MR) is 76.8 cm³/mol.